The van der Waals surface area contributed by atoms with Crippen molar-refractivity contribution in [1.82, 2.24) is 14.7 Å². The van der Waals surface area contributed by atoms with Crippen molar-refractivity contribution in [3.8, 4) is 5.69 Å². The predicted molar refractivity (Wildman–Crippen MR) is 128 cm³/mol. The number of piperidine rings is 1. The van der Waals surface area contributed by atoms with Crippen LogP contribution < -0.4 is 5.32 Å². The van der Waals surface area contributed by atoms with Crippen LogP contribution in [0.25, 0.3) is 5.69 Å². The van der Waals surface area contributed by atoms with E-state index in [0.717, 1.165) is 26.1 Å². The Morgan fingerprint density at radius 2 is 1.90 bits per heavy atom. The Kier molecular flexibility index (Phi) is 5.82. The summed E-state index contributed by atoms with van der Waals surface area (Å²) in [5.74, 6) is 1.75. The number of rotatable bonds is 4. The van der Waals surface area contributed by atoms with Gasteiger partial charge >= 0.3 is 0 Å². The molecule has 1 saturated heterocycles. The van der Waals surface area contributed by atoms with Gasteiger partial charge in [-0.25, -0.2) is 4.68 Å². The Balaban J connectivity index is 1.48. The van der Waals surface area contributed by atoms with Crippen LogP contribution >= 0.6 is 0 Å². The topological polar surface area (TPSA) is 33.1 Å². The molecule has 31 heavy (non-hydrogen) atoms. The molecule has 4 nitrogen and oxygen atoms in total. The zero-order chi connectivity index (χ0) is 21.2. The van der Waals surface area contributed by atoms with Gasteiger partial charge in [0.25, 0.3) is 0 Å². The van der Waals surface area contributed by atoms with Crippen molar-refractivity contribution >= 4 is 5.82 Å². The first-order chi connectivity index (χ1) is 15.2. The molecule has 0 bridgehead atoms. The van der Waals surface area contributed by atoms with Crippen LogP contribution in [0.5, 0.6) is 0 Å². The van der Waals surface area contributed by atoms with Crippen LogP contribution in [0.1, 0.15) is 59.5 Å². The first-order valence-electron chi connectivity index (χ1n) is 11.9. The van der Waals surface area contributed by atoms with E-state index in [0.29, 0.717) is 5.92 Å². The number of anilines is 1. The van der Waals surface area contributed by atoms with Crippen molar-refractivity contribution in [2.24, 2.45) is 0 Å². The molecular formula is C27H34N4. The number of aryl methyl sites for hydroxylation is 2. The predicted octanol–water partition coefficient (Wildman–Crippen LogP) is 5.62. The lowest BCUT2D eigenvalue weighted by Crippen LogP contribution is -2.34. The zero-order valence-electron chi connectivity index (χ0n) is 18.9. The van der Waals surface area contributed by atoms with Crippen LogP contribution in [-0.4, -0.2) is 34.3 Å². The average Bonchev–Trinajstić information content (AvgIpc) is 2.95. The van der Waals surface area contributed by atoms with Crippen molar-refractivity contribution in [2.75, 3.05) is 25.0 Å². The largest absolute Gasteiger partial charge is 0.370 e. The quantitative estimate of drug-likeness (QED) is 0.602. The lowest BCUT2D eigenvalue weighted by molar-refractivity contribution is 0.198. The third-order valence-electron chi connectivity index (χ3n) is 6.88. The Hall–Kier alpha value is -2.59. The second-order valence-corrected chi connectivity index (χ2v) is 9.36. The molecular weight excluding hydrogens is 380 g/mol. The number of nitrogens with zero attached hydrogens (tertiary/aromatic N) is 3. The van der Waals surface area contributed by atoms with E-state index in [4.69, 9.17) is 5.10 Å². The minimum Gasteiger partial charge on any atom is -0.370 e. The van der Waals surface area contributed by atoms with Gasteiger partial charge in [-0.05, 0) is 69.7 Å². The molecule has 1 aromatic heterocycles. The summed E-state index contributed by atoms with van der Waals surface area (Å²) in [5.41, 5.74) is 8.00. The Morgan fingerprint density at radius 1 is 1.03 bits per heavy atom. The SMILES string of the molecule is Cc1ccc(-n2nc(C3CCCN(Cc4ccccc4)C3)c3c2NCCCC3)c(C)c1. The summed E-state index contributed by atoms with van der Waals surface area (Å²) in [6.45, 7) is 8.72. The van der Waals surface area contributed by atoms with Gasteiger partial charge < -0.3 is 5.32 Å². The highest BCUT2D eigenvalue weighted by molar-refractivity contribution is 5.57. The number of benzene rings is 2. The van der Waals surface area contributed by atoms with Gasteiger partial charge in [-0.3, -0.25) is 4.90 Å². The maximum atomic E-state index is 5.29. The molecule has 3 heterocycles. The molecule has 2 aliphatic heterocycles. The summed E-state index contributed by atoms with van der Waals surface area (Å²) in [6, 6.07) is 17.6. The minimum absolute atomic E-state index is 0.512. The summed E-state index contributed by atoms with van der Waals surface area (Å²) < 4.78 is 2.21. The van der Waals surface area contributed by atoms with Crippen molar-refractivity contribution < 1.29 is 0 Å². The molecule has 0 spiro atoms. The average molecular weight is 415 g/mol. The van der Waals surface area contributed by atoms with Crippen LogP contribution in [0.15, 0.2) is 48.5 Å². The van der Waals surface area contributed by atoms with Crippen molar-refractivity contribution in [3.05, 3.63) is 76.5 Å². The highest BCUT2D eigenvalue weighted by Gasteiger charge is 2.29. The van der Waals surface area contributed by atoms with Crippen LogP contribution in [0, 0.1) is 13.8 Å². The maximum absolute atomic E-state index is 5.29. The number of likely N-dealkylation sites (tertiary alicyclic amines) is 1. The van der Waals surface area contributed by atoms with Gasteiger partial charge in [0.05, 0.1) is 11.4 Å². The number of nitrogens with one attached hydrogen (secondary N) is 1. The van der Waals surface area contributed by atoms with Crippen molar-refractivity contribution in [1.29, 1.82) is 0 Å². The summed E-state index contributed by atoms with van der Waals surface area (Å²) in [4.78, 5) is 2.62. The molecule has 2 aromatic carbocycles. The Labute approximate surface area is 186 Å². The fourth-order valence-corrected chi connectivity index (χ4v) is 5.34. The summed E-state index contributed by atoms with van der Waals surface area (Å²) >= 11 is 0. The second kappa shape index (κ2) is 8.88. The monoisotopic (exact) mass is 414 g/mol. The number of hydrogen-bond donors (Lipinski definition) is 1. The fourth-order valence-electron chi connectivity index (χ4n) is 5.34. The van der Waals surface area contributed by atoms with E-state index >= 15 is 0 Å². The third-order valence-corrected chi connectivity index (χ3v) is 6.88. The van der Waals surface area contributed by atoms with E-state index in [2.05, 4.69) is 77.3 Å². The van der Waals surface area contributed by atoms with Gasteiger partial charge in [0.1, 0.15) is 5.82 Å². The fraction of sp³-hybridized carbons (Fsp3) is 0.444. The van der Waals surface area contributed by atoms with E-state index in [-0.39, 0.29) is 0 Å². The molecule has 3 aromatic rings. The molecule has 0 amide bonds. The zero-order valence-corrected chi connectivity index (χ0v) is 18.9. The molecule has 0 aliphatic carbocycles. The van der Waals surface area contributed by atoms with E-state index in [9.17, 15) is 0 Å². The maximum Gasteiger partial charge on any atom is 0.133 e. The van der Waals surface area contributed by atoms with Crippen LogP contribution in [0.3, 0.4) is 0 Å². The second-order valence-electron chi connectivity index (χ2n) is 9.36. The number of aromatic nitrogens is 2. The highest BCUT2D eigenvalue weighted by Crippen LogP contribution is 2.36. The summed E-state index contributed by atoms with van der Waals surface area (Å²) in [7, 11) is 0. The lowest BCUT2D eigenvalue weighted by atomic mass is 9.91. The van der Waals surface area contributed by atoms with Gasteiger partial charge in [-0.2, -0.15) is 5.10 Å². The molecule has 1 N–H and O–H groups in total. The molecule has 2 aliphatic rings. The van der Waals surface area contributed by atoms with Gasteiger partial charge in [0.2, 0.25) is 0 Å². The van der Waals surface area contributed by atoms with Crippen LogP contribution in [0.2, 0.25) is 0 Å². The molecule has 5 rings (SSSR count). The van der Waals surface area contributed by atoms with E-state index in [1.165, 1.54) is 71.7 Å². The minimum atomic E-state index is 0.512. The molecule has 0 radical (unpaired) electrons. The molecule has 1 unspecified atom stereocenters. The van der Waals surface area contributed by atoms with Crippen molar-refractivity contribution in [2.45, 2.75) is 58.4 Å². The normalized spacial score (nSPS) is 19.5. The highest BCUT2D eigenvalue weighted by atomic mass is 15.3. The smallest absolute Gasteiger partial charge is 0.133 e. The Bertz CT molecular complexity index is 1040. The van der Waals surface area contributed by atoms with Gasteiger partial charge in [-0.15, -0.1) is 0 Å². The summed E-state index contributed by atoms with van der Waals surface area (Å²) in [6.07, 6.45) is 6.09. The standard InChI is InChI=1S/C27H34N4/c1-20-13-14-25(21(2)17-20)31-27-24(12-6-7-15-28-27)26(29-31)23-11-8-16-30(19-23)18-22-9-4-3-5-10-22/h3-5,9-10,13-14,17,23,28H,6-8,11-12,15-16,18-19H2,1-2H3. The first kappa shape index (κ1) is 20.3. The molecule has 1 fully saturated rings. The summed E-state index contributed by atoms with van der Waals surface area (Å²) in [5, 5.41) is 9.02. The van der Waals surface area contributed by atoms with Crippen LogP contribution in [-0.2, 0) is 13.0 Å². The van der Waals surface area contributed by atoms with E-state index < -0.39 is 0 Å². The molecule has 4 heteroatoms. The van der Waals surface area contributed by atoms with Crippen molar-refractivity contribution in [3.63, 3.8) is 0 Å². The third kappa shape index (κ3) is 4.27. The van der Waals surface area contributed by atoms with Gasteiger partial charge in [0.15, 0.2) is 0 Å². The molecule has 0 saturated carbocycles. The Morgan fingerprint density at radius 3 is 2.74 bits per heavy atom. The first-order valence-corrected chi connectivity index (χ1v) is 11.9. The van der Waals surface area contributed by atoms with Gasteiger partial charge in [0, 0.05) is 31.1 Å². The van der Waals surface area contributed by atoms with E-state index in [1.54, 1.807) is 0 Å². The number of hydrogen-bond acceptors (Lipinski definition) is 3. The van der Waals surface area contributed by atoms with E-state index in [1.807, 2.05) is 0 Å². The van der Waals surface area contributed by atoms with Crippen LogP contribution in [0.4, 0.5) is 5.82 Å². The number of fused-ring (bicyclic) bond motifs is 1. The molecule has 162 valence electrons. The lowest BCUT2D eigenvalue weighted by Gasteiger charge is -2.32. The molecule has 1 atom stereocenters. The van der Waals surface area contributed by atoms with Gasteiger partial charge in [-0.1, -0.05) is 48.0 Å².